The van der Waals surface area contributed by atoms with Crippen molar-refractivity contribution in [1.29, 1.82) is 0 Å². The molecule has 0 amide bonds. The molecule has 0 spiro atoms. The van der Waals surface area contributed by atoms with Crippen LogP contribution in [0.1, 0.15) is 20.8 Å². The standard InChI is InChI=1S/C12H21N3/c1-7-8-9(2)14-11(4)10(3)12(13)15(5)6/h7-8H,2,13H2,1,3-6H3/b8-7+,12-10+,14-11-. The molecule has 0 aromatic heterocycles. The number of nitrogens with two attached hydrogens (primary N) is 1. The van der Waals surface area contributed by atoms with Crippen LogP contribution in [0.25, 0.3) is 0 Å². The van der Waals surface area contributed by atoms with Crippen LogP contribution >= 0.6 is 0 Å². The molecule has 15 heavy (non-hydrogen) atoms. The van der Waals surface area contributed by atoms with E-state index in [2.05, 4.69) is 11.6 Å². The highest BCUT2D eigenvalue weighted by Crippen LogP contribution is 2.06. The average molecular weight is 207 g/mol. The lowest BCUT2D eigenvalue weighted by molar-refractivity contribution is 0.502. The van der Waals surface area contributed by atoms with Crippen molar-refractivity contribution < 1.29 is 0 Å². The third-order valence-electron chi connectivity index (χ3n) is 2.08. The normalized spacial score (nSPS) is 14.1. The zero-order valence-electron chi connectivity index (χ0n) is 10.3. The van der Waals surface area contributed by atoms with Gasteiger partial charge in [0.05, 0.1) is 5.70 Å². The van der Waals surface area contributed by atoms with Gasteiger partial charge < -0.3 is 10.6 Å². The summed E-state index contributed by atoms with van der Waals surface area (Å²) in [7, 11) is 3.82. The van der Waals surface area contributed by atoms with Gasteiger partial charge in [0.1, 0.15) is 5.82 Å². The molecule has 84 valence electrons. The molecule has 3 nitrogen and oxygen atoms in total. The van der Waals surface area contributed by atoms with Crippen molar-refractivity contribution in [3.8, 4) is 0 Å². The van der Waals surface area contributed by atoms with Gasteiger partial charge in [-0.1, -0.05) is 12.7 Å². The second kappa shape index (κ2) is 6.06. The lowest BCUT2D eigenvalue weighted by Crippen LogP contribution is -2.22. The number of aliphatic imine (C=N–C) groups is 1. The molecule has 0 aliphatic rings. The van der Waals surface area contributed by atoms with Crippen LogP contribution in [-0.2, 0) is 0 Å². The van der Waals surface area contributed by atoms with Crippen molar-refractivity contribution in [3.63, 3.8) is 0 Å². The Labute approximate surface area is 92.7 Å². The first kappa shape index (κ1) is 13.5. The molecule has 2 N–H and O–H groups in total. The van der Waals surface area contributed by atoms with Crippen LogP contribution in [0.3, 0.4) is 0 Å². The first-order chi connectivity index (χ1) is 6.90. The van der Waals surface area contributed by atoms with Crippen molar-refractivity contribution >= 4 is 5.71 Å². The summed E-state index contributed by atoms with van der Waals surface area (Å²) in [5.41, 5.74) is 8.49. The maximum atomic E-state index is 5.89. The van der Waals surface area contributed by atoms with Gasteiger partial charge >= 0.3 is 0 Å². The fourth-order valence-electron chi connectivity index (χ4n) is 1.05. The Morgan fingerprint density at radius 1 is 1.33 bits per heavy atom. The van der Waals surface area contributed by atoms with Gasteiger partial charge in [0.2, 0.25) is 0 Å². The van der Waals surface area contributed by atoms with E-state index in [1.165, 1.54) is 0 Å². The van der Waals surface area contributed by atoms with Gasteiger partial charge in [-0.3, -0.25) is 4.99 Å². The molecule has 0 saturated heterocycles. The lowest BCUT2D eigenvalue weighted by Gasteiger charge is -2.15. The van der Waals surface area contributed by atoms with E-state index in [9.17, 15) is 0 Å². The molecule has 0 aliphatic carbocycles. The van der Waals surface area contributed by atoms with Crippen LogP contribution in [0.5, 0.6) is 0 Å². The summed E-state index contributed by atoms with van der Waals surface area (Å²) in [5.74, 6) is 0.726. The second-order valence-corrected chi connectivity index (χ2v) is 3.59. The minimum Gasteiger partial charge on any atom is -0.385 e. The summed E-state index contributed by atoms with van der Waals surface area (Å²) in [6.07, 6.45) is 3.77. The Kier molecular flexibility index (Phi) is 5.45. The topological polar surface area (TPSA) is 41.6 Å². The molecule has 0 atom stereocenters. The largest absolute Gasteiger partial charge is 0.385 e. The number of hydrogen-bond donors (Lipinski definition) is 1. The minimum atomic E-state index is 0.726. The Bertz CT molecular complexity index is 320. The summed E-state index contributed by atoms with van der Waals surface area (Å²) in [4.78, 5) is 6.21. The van der Waals surface area contributed by atoms with E-state index in [4.69, 9.17) is 5.73 Å². The predicted octanol–water partition coefficient (Wildman–Crippen LogP) is 2.29. The van der Waals surface area contributed by atoms with E-state index < -0.39 is 0 Å². The molecule has 0 aliphatic heterocycles. The summed E-state index contributed by atoms with van der Waals surface area (Å²) in [5, 5.41) is 0. The smallest absolute Gasteiger partial charge is 0.103 e. The molecule has 0 bridgehead atoms. The van der Waals surface area contributed by atoms with Crippen LogP contribution in [-0.4, -0.2) is 24.7 Å². The van der Waals surface area contributed by atoms with Gasteiger partial charge in [-0.05, 0) is 26.8 Å². The lowest BCUT2D eigenvalue weighted by atomic mass is 10.2. The molecular weight excluding hydrogens is 186 g/mol. The first-order valence-corrected chi connectivity index (χ1v) is 4.91. The molecule has 0 aromatic rings. The zero-order valence-corrected chi connectivity index (χ0v) is 10.3. The Morgan fingerprint density at radius 3 is 2.27 bits per heavy atom. The fourth-order valence-corrected chi connectivity index (χ4v) is 1.05. The highest BCUT2D eigenvalue weighted by molar-refractivity contribution is 5.98. The molecule has 0 fully saturated rings. The van der Waals surface area contributed by atoms with Gasteiger partial charge in [0.25, 0.3) is 0 Å². The zero-order chi connectivity index (χ0) is 12.0. The van der Waals surface area contributed by atoms with Gasteiger partial charge in [-0.15, -0.1) is 0 Å². The molecule has 0 heterocycles. The summed E-state index contributed by atoms with van der Waals surface area (Å²) < 4.78 is 0. The highest BCUT2D eigenvalue weighted by atomic mass is 15.1. The second-order valence-electron chi connectivity index (χ2n) is 3.59. The molecule has 0 rings (SSSR count). The maximum absolute atomic E-state index is 5.89. The quantitative estimate of drug-likeness (QED) is 0.567. The molecule has 0 saturated carbocycles. The van der Waals surface area contributed by atoms with Crippen LogP contribution in [0.2, 0.25) is 0 Å². The third-order valence-corrected chi connectivity index (χ3v) is 2.08. The monoisotopic (exact) mass is 207 g/mol. The van der Waals surface area contributed by atoms with E-state index in [1.807, 2.05) is 51.9 Å². The molecule has 0 unspecified atom stereocenters. The van der Waals surface area contributed by atoms with E-state index in [0.29, 0.717) is 0 Å². The summed E-state index contributed by atoms with van der Waals surface area (Å²) in [6.45, 7) is 9.64. The highest BCUT2D eigenvalue weighted by Gasteiger charge is 2.03. The Hall–Kier alpha value is -1.51. The van der Waals surface area contributed by atoms with Crippen LogP contribution < -0.4 is 5.73 Å². The van der Waals surface area contributed by atoms with Crippen molar-refractivity contribution in [3.05, 3.63) is 35.8 Å². The van der Waals surface area contributed by atoms with Crippen molar-refractivity contribution in [2.75, 3.05) is 14.1 Å². The summed E-state index contributed by atoms with van der Waals surface area (Å²) in [6, 6.07) is 0. The van der Waals surface area contributed by atoms with E-state index in [1.54, 1.807) is 0 Å². The van der Waals surface area contributed by atoms with Gasteiger partial charge in [-0.2, -0.15) is 0 Å². The van der Waals surface area contributed by atoms with Crippen molar-refractivity contribution in [1.82, 2.24) is 4.90 Å². The van der Waals surface area contributed by atoms with Crippen LogP contribution in [0.15, 0.2) is 40.8 Å². The van der Waals surface area contributed by atoms with E-state index in [-0.39, 0.29) is 0 Å². The third kappa shape index (κ3) is 4.49. The average Bonchev–Trinajstić information content (AvgIpc) is 2.15. The van der Waals surface area contributed by atoms with Gasteiger partial charge in [0, 0.05) is 25.4 Å². The van der Waals surface area contributed by atoms with Gasteiger partial charge in [0.15, 0.2) is 0 Å². The molecule has 0 radical (unpaired) electrons. The van der Waals surface area contributed by atoms with E-state index in [0.717, 1.165) is 22.8 Å². The molecular formula is C12H21N3. The number of allylic oxidation sites excluding steroid dienone is 3. The molecule has 0 aromatic carbocycles. The SMILES string of the molecule is C=C(/C=C/C)/N=C(C)\C(C)=C(/N)N(C)C. The Balaban J connectivity index is 4.93. The van der Waals surface area contributed by atoms with Crippen molar-refractivity contribution in [2.24, 2.45) is 10.7 Å². The van der Waals surface area contributed by atoms with E-state index >= 15 is 0 Å². The Morgan fingerprint density at radius 2 is 1.87 bits per heavy atom. The summed E-state index contributed by atoms with van der Waals surface area (Å²) >= 11 is 0. The number of nitrogens with zero attached hydrogens (tertiary/aromatic N) is 2. The number of rotatable bonds is 4. The predicted molar refractivity (Wildman–Crippen MR) is 67.6 cm³/mol. The maximum Gasteiger partial charge on any atom is 0.103 e. The van der Waals surface area contributed by atoms with Crippen LogP contribution in [0.4, 0.5) is 0 Å². The fraction of sp³-hybridized carbons (Fsp3) is 0.417. The van der Waals surface area contributed by atoms with Crippen LogP contribution in [0, 0.1) is 0 Å². The number of hydrogen-bond acceptors (Lipinski definition) is 3. The minimum absolute atomic E-state index is 0.726. The first-order valence-electron chi connectivity index (χ1n) is 4.91. The van der Waals surface area contributed by atoms with Gasteiger partial charge in [-0.25, -0.2) is 0 Å². The molecule has 3 heteroatoms. The van der Waals surface area contributed by atoms with Crippen molar-refractivity contribution in [2.45, 2.75) is 20.8 Å².